The molecule has 0 bridgehead atoms. The van der Waals surface area contributed by atoms with Crippen molar-refractivity contribution in [1.82, 2.24) is 19.7 Å². The Balaban J connectivity index is 2.23. The molecule has 8 heteroatoms. The Morgan fingerprint density at radius 3 is 2.79 bits per heavy atom. The van der Waals surface area contributed by atoms with Crippen LogP contribution in [0.25, 0.3) is 5.82 Å². The van der Waals surface area contributed by atoms with E-state index in [0.717, 1.165) is 0 Å². The van der Waals surface area contributed by atoms with Gasteiger partial charge in [0.2, 0.25) is 0 Å². The van der Waals surface area contributed by atoms with Crippen molar-refractivity contribution in [3.8, 4) is 5.82 Å². The molecule has 0 spiro atoms. The lowest BCUT2D eigenvalue weighted by Crippen LogP contribution is -2.12. The number of nitrogens with zero attached hydrogens (tertiary/aromatic N) is 4. The Morgan fingerprint density at radius 1 is 1.42 bits per heavy atom. The summed E-state index contributed by atoms with van der Waals surface area (Å²) in [6, 6.07) is 0. The molecule has 2 aromatic rings. The summed E-state index contributed by atoms with van der Waals surface area (Å²) in [5.41, 5.74) is 6.20. The van der Waals surface area contributed by atoms with Crippen molar-refractivity contribution in [2.75, 3.05) is 6.61 Å². The highest BCUT2D eigenvalue weighted by Crippen LogP contribution is 2.06. The van der Waals surface area contributed by atoms with E-state index in [1.165, 1.54) is 29.5 Å². The minimum atomic E-state index is -0.429. The summed E-state index contributed by atoms with van der Waals surface area (Å²) in [5, 5.41) is 4.01. The van der Waals surface area contributed by atoms with Gasteiger partial charge in [-0.25, -0.2) is 19.4 Å². The number of hydrogen-bond donors (Lipinski definition) is 1. The first-order valence-electron chi connectivity index (χ1n) is 5.46. The Hall–Kier alpha value is -2.35. The van der Waals surface area contributed by atoms with Gasteiger partial charge in [-0.3, -0.25) is 0 Å². The van der Waals surface area contributed by atoms with E-state index in [4.69, 9.17) is 22.7 Å². The molecule has 0 saturated carbocycles. The third-order valence-electron chi connectivity index (χ3n) is 2.22. The fourth-order valence-electron chi connectivity index (χ4n) is 1.33. The molecule has 2 N–H and O–H groups in total. The maximum atomic E-state index is 11.5. The zero-order valence-corrected chi connectivity index (χ0v) is 10.9. The number of rotatable bonds is 4. The van der Waals surface area contributed by atoms with Crippen LogP contribution in [0.2, 0.25) is 0 Å². The van der Waals surface area contributed by atoms with Crippen LogP contribution in [0.5, 0.6) is 0 Å². The number of hydrogen-bond acceptors (Lipinski definition) is 6. The van der Waals surface area contributed by atoms with Gasteiger partial charge in [-0.15, -0.1) is 0 Å². The van der Waals surface area contributed by atoms with Crippen LogP contribution in [-0.4, -0.2) is 37.3 Å². The Labute approximate surface area is 114 Å². The second kappa shape index (κ2) is 5.53. The lowest BCUT2D eigenvalue weighted by molar-refractivity contribution is 0.0526. The van der Waals surface area contributed by atoms with Gasteiger partial charge in [-0.05, 0) is 6.92 Å². The molecule has 0 aromatic carbocycles. The number of aromatic nitrogens is 4. The molecule has 0 fully saturated rings. The van der Waals surface area contributed by atoms with Crippen LogP contribution >= 0.6 is 12.2 Å². The predicted molar refractivity (Wildman–Crippen MR) is 71.0 cm³/mol. The van der Waals surface area contributed by atoms with Gasteiger partial charge in [-0.2, -0.15) is 5.10 Å². The minimum absolute atomic E-state index is 0.173. The molecule has 0 aliphatic heterocycles. The predicted octanol–water partition coefficient (Wildman–Crippen LogP) is 0.473. The number of ether oxygens (including phenoxy) is 1. The van der Waals surface area contributed by atoms with E-state index in [-0.39, 0.29) is 4.99 Å². The van der Waals surface area contributed by atoms with Crippen molar-refractivity contribution in [2.45, 2.75) is 6.92 Å². The smallest absolute Gasteiger partial charge is 0.341 e. The van der Waals surface area contributed by atoms with Gasteiger partial charge in [-0.1, -0.05) is 12.2 Å². The molecule has 98 valence electrons. The quantitative estimate of drug-likeness (QED) is 0.641. The van der Waals surface area contributed by atoms with E-state index in [9.17, 15) is 4.79 Å². The molecule has 0 saturated heterocycles. The average molecular weight is 277 g/mol. The van der Waals surface area contributed by atoms with Crippen molar-refractivity contribution in [3.63, 3.8) is 0 Å². The van der Waals surface area contributed by atoms with Crippen LogP contribution in [-0.2, 0) is 4.74 Å². The van der Waals surface area contributed by atoms with Gasteiger partial charge in [0.15, 0.2) is 5.82 Å². The van der Waals surface area contributed by atoms with E-state index < -0.39 is 5.97 Å². The largest absolute Gasteiger partial charge is 0.462 e. The summed E-state index contributed by atoms with van der Waals surface area (Å²) >= 11 is 4.78. The molecule has 0 aliphatic rings. The number of carbonyl (C=O) groups is 1. The molecule has 2 heterocycles. The molecule has 0 unspecified atom stereocenters. The number of carbonyl (C=O) groups excluding carboxylic acids is 1. The summed E-state index contributed by atoms with van der Waals surface area (Å²) in [4.78, 5) is 19.8. The van der Waals surface area contributed by atoms with Gasteiger partial charge in [0, 0.05) is 6.20 Å². The maximum absolute atomic E-state index is 11.5. The Kier molecular flexibility index (Phi) is 3.81. The normalized spacial score (nSPS) is 10.2. The lowest BCUT2D eigenvalue weighted by atomic mass is 10.4. The summed E-state index contributed by atoms with van der Waals surface area (Å²) < 4.78 is 6.29. The van der Waals surface area contributed by atoms with Gasteiger partial charge in [0.1, 0.15) is 10.7 Å². The van der Waals surface area contributed by atoms with Crippen molar-refractivity contribution in [1.29, 1.82) is 0 Å². The second-order valence-corrected chi connectivity index (χ2v) is 3.96. The molecule has 0 radical (unpaired) electrons. The Morgan fingerprint density at radius 2 is 2.21 bits per heavy atom. The highest BCUT2D eigenvalue weighted by atomic mass is 32.1. The van der Waals surface area contributed by atoms with E-state index in [0.29, 0.717) is 23.7 Å². The SMILES string of the molecule is CCOC(=O)c1cnn(-c2cnc(C(N)=S)cn2)c1. The van der Waals surface area contributed by atoms with Crippen LogP contribution in [0.15, 0.2) is 24.8 Å². The van der Waals surface area contributed by atoms with Crippen LogP contribution in [0.3, 0.4) is 0 Å². The fraction of sp³-hybridized carbons (Fsp3) is 0.182. The molecular weight excluding hydrogens is 266 g/mol. The zero-order valence-electron chi connectivity index (χ0n) is 10.1. The number of thiocarbonyl (C=S) groups is 1. The highest BCUT2D eigenvalue weighted by molar-refractivity contribution is 7.80. The first-order valence-corrected chi connectivity index (χ1v) is 5.86. The zero-order chi connectivity index (χ0) is 13.8. The van der Waals surface area contributed by atoms with Gasteiger partial charge < -0.3 is 10.5 Å². The van der Waals surface area contributed by atoms with E-state index in [1.54, 1.807) is 6.92 Å². The average Bonchev–Trinajstić information content (AvgIpc) is 2.89. The number of esters is 1. The second-order valence-electron chi connectivity index (χ2n) is 3.52. The maximum Gasteiger partial charge on any atom is 0.341 e. The summed E-state index contributed by atoms with van der Waals surface area (Å²) in [6.45, 7) is 2.05. The monoisotopic (exact) mass is 277 g/mol. The Bertz CT molecular complexity index is 608. The van der Waals surface area contributed by atoms with Crippen LogP contribution in [0, 0.1) is 0 Å². The van der Waals surface area contributed by atoms with E-state index >= 15 is 0 Å². The van der Waals surface area contributed by atoms with E-state index in [2.05, 4.69) is 15.1 Å². The first-order chi connectivity index (χ1) is 9.11. The standard InChI is InChI=1S/C11H11N5O2S/c1-2-18-11(17)7-3-15-16(6-7)9-5-13-8(4-14-9)10(12)19/h3-6H,2H2,1H3,(H2,12,19). The topological polar surface area (TPSA) is 95.9 Å². The molecule has 7 nitrogen and oxygen atoms in total. The highest BCUT2D eigenvalue weighted by Gasteiger charge is 2.11. The molecule has 0 aliphatic carbocycles. The van der Waals surface area contributed by atoms with Crippen molar-refractivity contribution < 1.29 is 9.53 Å². The summed E-state index contributed by atoms with van der Waals surface area (Å²) in [7, 11) is 0. The molecular formula is C11H11N5O2S. The molecule has 19 heavy (non-hydrogen) atoms. The van der Waals surface area contributed by atoms with Crippen LogP contribution in [0.4, 0.5) is 0 Å². The lowest BCUT2D eigenvalue weighted by Gasteiger charge is -2.01. The molecule has 0 atom stereocenters. The fourth-order valence-corrected chi connectivity index (χ4v) is 1.44. The molecule has 0 amide bonds. The van der Waals surface area contributed by atoms with E-state index in [1.807, 2.05) is 0 Å². The van der Waals surface area contributed by atoms with Crippen LogP contribution in [0.1, 0.15) is 23.0 Å². The third kappa shape index (κ3) is 2.91. The molecule has 2 aromatic heterocycles. The number of nitrogens with two attached hydrogens (primary N) is 1. The van der Waals surface area contributed by atoms with Gasteiger partial charge in [0.05, 0.1) is 30.8 Å². The summed E-state index contributed by atoms with van der Waals surface area (Å²) in [6.07, 6.45) is 5.84. The first kappa shape index (κ1) is 13.1. The van der Waals surface area contributed by atoms with Crippen LogP contribution < -0.4 is 5.73 Å². The van der Waals surface area contributed by atoms with Gasteiger partial charge in [0.25, 0.3) is 0 Å². The van der Waals surface area contributed by atoms with Crippen molar-refractivity contribution in [2.24, 2.45) is 5.73 Å². The van der Waals surface area contributed by atoms with Crippen molar-refractivity contribution in [3.05, 3.63) is 36.0 Å². The minimum Gasteiger partial charge on any atom is -0.462 e. The van der Waals surface area contributed by atoms with Gasteiger partial charge >= 0.3 is 5.97 Å². The summed E-state index contributed by atoms with van der Waals surface area (Å²) in [5.74, 6) is 0.0250. The molecule has 2 rings (SSSR count). The third-order valence-corrected chi connectivity index (χ3v) is 2.43. The van der Waals surface area contributed by atoms with Crippen molar-refractivity contribution >= 4 is 23.2 Å².